The number of hydrogen-bond acceptors (Lipinski definition) is 3. The summed E-state index contributed by atoms with van der Waals surface area (Å²) in [5, 5.41) is 5.04. The number of nitrogens with zero attached hydrogens (tertiary/aromatic N) is 1. The molecule has 15 heavy (non-hydrogen) atoms. The first-order chi connectivity index (χ1) is 7.20. The fourth-order valence-corrected chi connectivity index (χ4v) is 2.27. The number of aromatic nitrogens is 1. The second-order valence-corrected chi connectivity index (χ2v) is 4.19. The van der Waals surface area contributed by atoms with Crippen molar-refractivity contribution in [1.82, 2.24) is 4.98 Å². The van der Waals surface area contributed by atoms with Crippen molar-refractivity contribution in [3.63, 3.8) is 0 Å². The molecule has 0 saturated heterocycles. The average Bonchev–Trinajstić information content (AvgIpc) is 2.61. The van der Waals surface area contributed by atoms with E-state index in [1.165, 1.54) is 12.1 Å². The van der Waals surface area contributed by atoms with Crippen molar-refractivity contribution in [2.45, 2.75) is 6.92 Å². The van der Waals surface area contributed by atoms with E-state index in [4.69, 9.17) is 0 Å². The molecule has 0 fully saturated rings. The van der Waals surface area contributed by atoms with Crippen LogP contribution in [0, 0.1) is 12.7 Å². The van der Waals surface area contributed by atoms with Crippen molar-refractivity contribution in [3.05, 3.63) is 35.8 Å². The van der Waals surface area contributed by atoms with Crippen LogP contribution in [0.5, 0.6) is 0 Å². The Morgan fingerprint density at radius 3 is 2.47 bits per heavy atom. The minimum Gasteiger partial charge on any atom is -0.378 e. The molecule has 2 rings (SSSR count). The molecule has 0 amide bonds. The molecule has 4 heteroatoms. The summed E-state index contributed by atoms with van der Waals surface area (Å²) in [6, 6.07) is 6.39. The van der Waals surface area contributed by atoms with Gasteiger partial charge in [-0.15, -0.1) is 0 Å². The molecule has 0 spiro atoms. The summed E-state index contributed by atoms with van der Waals surface area (Å²) < 4.78 is 12.7. The summed E-state index contributed by atoms with van der Waals surface area (Å²) in [6.45, 7) is 1.95. The van der Waals surface area contributed by atoms with Gasteiger partial charge in [0.2, 0.25) is 0 Å². The highest BCUT2D eigenvalue weighted by Gasteiger charge is 2.07. The summed E-state index contributed by atoms with van der Waals surface area (Å²) in [5.74, 6) is -0.221. The van der Waals surface area contributed by atoms with E-state index < -0.39 is 0 Å². The van der Waals surface area contributed by atoms with E-state index in [1.807, 2.05) is 14.0 Å². The standard InChI is InChI=1S/C11H11FN2S/c1-7-10(13-2)15-11(14-7)8-3-5-9(12)6-4-8/h3-6,13H,1-2H3. The lowest BCUT2D eigenvalue weighted by atomic mass is 10.2. The van der Waals surface area contributed by atoms with Gasteiger partial charge in [-0.2, -0.15) is 0 Å². The van der Waals surface area contributed by atoms with Crippen molar-refractivity contribution in [1.29, 1.82) is 0 Å². The van der Waals surface area contributed by atoms with Gasteiger partial charge in [0.1, 0.15) is 15.8 Å². The summed E-state index contributed by atoms with van der Waals surface area (Å²) in [6.07, 6.45) is 0. The second-order valence-electron chi connectivity index (χ2n) is 3.19. The lowest BCUT2D eigenvalue weighted by Gasteiger charge is -1.94. The number of halogens is 1. The molecule has 0 atom stereocenters. The van der Waals surface area contributed by atoms with E-state index in [2.05, 4.69) is 10.3 Å². The van der Waals surface area contributed by atoms with Gasteiger partial charge in [-0.05, 0) is 31.2 Å². The van der Waals surface area contributed by atoms with Gasteiger partial charge in [-0.3, -0.25) is 0 Å². The van der Waals surface area contributed by atoms with Crippen LogP contribution >= 0.6 is 11.3 Å². The third-order valence-electron chi connectivity index (χ3n) is 2.11. The Bertz CT molecular complexity index is 462. The normalized spacial score (nSPS) is 10.3. The molecular weight excluding hydrogens is 211 g/mol. The average molecular weight is 222 g/mol. The van der Waals surface area contributed by atoms with Crippen LogP contribution in [-0.2, 0) is 0 Å². The molecule has 2 aromatic rings. The number of nitrogens with one attached hydrogen (secondary N) is 1. The predicted molar refractivity (Wildman–Crippen MR) is 61.8 cm³/mol. The van der Waals surface area contributed by atoms with Gasteiger partial charge in [0.25, 0.3) is 0 Å². The minimum atomic E-state index is -0.221. The maximum atomic E-state index is 12.7. The number of anilines is 1. The molecule has 1 N–H and O–H groups in total. The van der Waals surface area contributed by atoms with Gasteiger partial charge in [0, 0.05) is 12.6 Å². The first kappa shape index (κ1) is 10.1. The number of rotatable bonds is 2. The fraction of sp³-hybridized carbons (Fsp3) is 0.182. The van der Waals surface area contributed by atoms with Crippen LogP contribution in [0.15, 0.2) is 24.3 Å². The monoisotopic (exact) mass is 222 g/mol. The van der Waals surface area contributed by atoms with Crippen LogP contribution in [0.25, 0.3) is 10.6 Å². The van der Waals surface area contributed by atoms with Crippen molar-refractivity contribution in [2.24, 2.45) is 0 Å². The maximum Gasteiger partial charge on any atom is 0.125 e. The highest BCUT2D eigenvalue weighted by atomic mass is 32.1. The van der Waals surface area contributed by atoms with Crippen LogP contribution < -0.4 is 5.32 Å². The number of thiazole rings is 1. The van der Waals surface area contributed by atoms with Crippen molar-refractivity contribution >= 4 is 16.3 Å². The molecular formula is C11H11FN2S. The van der Waals surface area contributed by atoms with Crippen molar-refractivity contribution < 1.29 is 4.39 Å². The molecule has 1 aromatic carbocycles. The van der Waals surface area contributed by atoms with Gasteiger partial charge in [0.05, 0.1) is 5.69 Å². The molecule has 1 heterocycles. The van der Waals surface area contributed by atoms with Crippen LogP contribution in [-0.4, -0.2) is 12.0 Å². The highest BCUT2D eigenvalue weighted by Crippen LogP contribution is 2.31. The SMILES string of the molecule is CNc1sc(-c2ccc(F)cc2)nc1C. The molecule has 0 radical (unpaired) electrons. The predicted octanol–water partition coefficient (Wildman–Crippen LogP) is 3.30. The van der Waals surface area contributed by atoms with Crippen molar-refractivity contribution in [2.75, 3.05) is 12.4 Å². The lowest BCUT2D eigenvalue weighted by Crippen LogP contribution is -1.85. The zero-order valence-electron chi connectivity index (χ0n) is 8.54. The first-order valence-electron chi connectivity index (χ1n) is 4.62. The van der Waals surface area contributed by atoms with E-state index in [0.717, 1.165) is 21.3 Å². The van der Waals surface area contributed by atoms with Gasteiger partial charge in [-0.25, -0.2) is 9.37 Å². The van der Waals surface area contributed by atoms with Gasteiger partial charge in [0.15, 0.2) is 0 Å². The van der Waals surface area contributed by atoms with Crippen LogP contribution in [0.4, 0.5) is 9.39 Å². The van der Waals surface area contributed by atoms with E-state index >= 15 is 0 Å². The molecule has 0 aliphatic rings. The van der Waals surface area contributed by atoms with E-state index in [1.54, 1.807) is 23.5 Å². The Morgan fingerprint density at radius 2 is 1.93 bits per heavy atom. The fourth-order valence-electron chi connectivity index (χ4n) is 1.34. The van der Waals surface area contributed by atoms with E-state index in [9.17, 15) is 4.39 Å². The van der Waals surface area contributed by atoms with Gasteiger partial charge in [-0.1, -0.05) is 11.3 Å². The summed E-state index contributed by atoms with van der Waals surface area (Å²) >= 11 is 1.57. The van der Waals surface area contributed by atoms with Crippen molar-refractivity contribution in [3.8, 4) is 10.6 Å². The molecule has 0 unspecified atom stereocenters. The van der Waals surface area contributed by atoms with Crippen LogP contribution in [0.2, 0.25) is 0 Å². The Hall–Kier alpha value is -1.42. The Balaban J connectivity index is 2.41. The second kappa shape index (κ2) is 3.98. The lowest BCUT2D eigenvalue weighted by molar-refractivity contribution is 0.628. The Labute approximate surface area is 91.8 Å². The Morgan fingerprint density at radius 1 is 1.27 bits per heavy atom. The smallest absolute Gasteiger partial charge is 0.125 e. The van der Waals surface area contributed by atoms with Crippen LogP contribution in [0.3, 0.4) is 0 Å². The molecule has 2 nitrogen and oxygen atoms in total. The zero-order chi connectivity index (χ0) is 10.8. The first-order valence-corrected chi connectivity index (χ1v) is 5.43. The number of aryl methyl sites for hydroxylation is 1. The largest absolute Gasteiger partial charge is 0.378 e. The Kier molecular flexibility index (Phi) is 2.68. The third-order valence-corrected chi connectivity index (χ3v) is 3.34. The van der Waals surface area contributed by atoms with Gasteiger partial charge >= 0.3 is 0 Å². The summed E-state index contributed by atoms with van der Waals surface area (Å²) in [7, 11) is 1.87. The topological polar surface area (TPSA) is 24.9 Å². The highest BCUT2D eigenvalue weighted by molar-refractivity contribution is 7.19. The summed E-state index contributed by atoms with van der Waals surface area (Å²) in [4.78, 5) is 4.41. The number of benzene rings is 1. The maximum absolute atomic E-state index is 12.7. The van der Waals surface area contributed by atoms with E-state index in [0.29, 0.717) is 0 Å². The molecule has 0 aliphatic carbocycles. The third kappa shape index (κ3) is 1.99. The molecule has 0 saturated carbocycles. The molecule has 1 aromatic heterocycles. The number of hydrogen-bond donors (Lipinski definition) is 1. The minimum absolute atomic E-state index is 0.221. The van der Waals surface area contributed by atoms with E-state index in [-0.39, 0.29) is 5.82 Å². The molecule has 0 bridgehead atoms. The quantitative estimate of drug-likeness (QED) is 0.843. The molecule has 78 valence electrons. The van der Waals surface area contributed by atoms with Crippen LogP contribution in [0.1, 0.15) is 5.69 Å². The zero-order valence-corrected chi connectivity index (χ0v) is 9.36. The molecule has 0 aliphatic heterocycles. The van der Waals surface area contributed by atoms with Gasteiger partial charge < -0.3 is 5.32 Å². The summed E-state index contributed by atoms with van der Waals surface area (Å²) in [5.41, 5.74) is 1.92.